The van der Waals surface area contributed by atoms with E-state index in [4.69, 9.17) is 0 Å². The van der Waals surface area contributed by atoms with Crippen molar-refractivity contribution in [3.8, 4) is 0 Å². The number of rotatable bonds is 4. The third-order valence-corrected chi connectivity index (χ3v) is 4.43. The predicted octanol–water partition coefficient (Wildman–Crippen LogP) is 3.18. The van der Waals surface area contributed by atoms with Gasteiger partial charge in [0.25, 0.3) is 11.8 Å². The SMILES string of the molecule is Cc1cc(Br)ccc1NC(=O)NCCN1C(=O)c2ccccc2C1=O. The number of benzene rings is 2. The second kappa shape index (κ2) is 7.06. The quantitative estimate of drug-likeness (QED) is 0.772. The summed E-state index contributed by atoms with van der Waals surface area (Å²) in [6, 6.07) is 11.8. The van der Waals surface area contributed by atoms with E-state index in [1.165, 1.54) is 0 Å². The lowest BCUT2D eigenvalue weighted by Gasteiger charge is -2.15. The molecule has 0 radical (unpaired) electrons. The average molecular weight is 402 g/mol. The number of nitrogens with zero attached hydrogens (tertiary/aromatic N) is 1. The molecule has 2 aromatic carbocycles. The Hall–Kier alpha value is -2.67. The summed E-state index contributed by atoms with van der Waals surface area (Å²) in [6.45, 7) is 2.19. The average Bonchev–Trinajstić information content (AvgIpc) is 2.83. The molecule has 0 unspecified atom stereocenters. The Balaban J connectivity index is 1.54. The number of imide groups is 1. The van der Waals surface area contributed by atoms with Crippen LogP contribution in [0.5, 0.6) is 0 Å². The van der Waals surface area contributed by atoms with E-state index in [1.807, 2.05) is 19.1 Å². The first-order valence-electron chi connectivity index (χ1n) is 7.73. The van der Waals surface area contributed by atoms with Crippen molar-refractivity contribution in [2.75, 3.05) is 18.4 Å². The van der Waals surface area contributed by atoms with Crippen LogP contribution < -0.4 is 10.6 Å². The molecule has 0 fully saturated rings. The Labute approximate surface area is 153 Å². The van der Waals surface area contributed by atoms with Crippen molar-refractivity contribution in [2.45, 2.75) is 6.92 Å². The van der Waals surface area contributed by atoms with Gasteiger partial charge < -0.3 is 10.6 Å². The van der Waals surface area contributed by atoms with Crippen LogP contribution in [0.15, 0.2) is 46.9 Å². The van der Waals surface area contributed by atoms with Crippen molar-refractivity contribution in [3.05, 3.63) is 63.6 Å². The van der Waals surface area contributed by atoms with Gasteiger partial charge in [0.15, 0.2) is 0 Å². The molecule has 25 heavy (non-hydrogen) atoms. The van der Waals surface area contributed by atoms with E-state index in [0.717, 1.165) is 14.9 Å². The first-order valence-corrected chi connectivity index (χ1v) is 8.53. The van der Waals surface area contributed by atoms with Crippen molar-refractivity contribution in [1.82, 2.24) is 10.2 Å². The highest BCUT2D eigenvalue weighted by atomic mass is 79.9. The number of halogens is 1. The number of hydrogen-bond acceptors (Lipinski definition) is 3. The highest BCUT2D eigenvalue weighted by molar-refractivity contribution is 9.10. The van der Waals surface area contributed by atoms with Crippen molar-refractivity contribution < 1.29 is 14.4 Å². The summed E-state index contributed by atoms with van der Waals surface area (Å²) in [4.78, 5) is 37.6. The molecule has 0 spiro atoms. The highest BCUT2D eigenvalue weighted by Crippen LogP contribution is 2.22. The van der Waals surface area contributed by atoms with Gasteiger partial charge >= 0.3 is 6.03 Å². The molecule has 6 nitrogen and oxygen atoms in total. The first-order chi connectivity index (χ1) is 12.0. The number of hydrogen-bond donors (Lipinski definition) is 2. The van der Waals surface area contributed by atoms with Crippen LogP contribution in [-0.4, -0.2) is 35.8 Å². The minimum Gasteiger partial charge on any atom is -0.336 e. The van der Waals surface area contributed by atoms with Gasteiger partial charge in [0.05, 0.1) is 11.1 Å². The van der Waals surface area contributed by atoms with Gasteiger partial charge in [-0.05, 0) is 42.8 Å². The number of amides is 4. The van der Waals surface area contributed by atoms with Gasteiger partial charge in [0.2, 0.25) is 0 Å². The van der Waals surface area contributed by atoms with Crippen LogP contribution in [0, 0.1) is 6.92 Å². The van der Waals surface area contributed by atoms with Crippen LogP contribution in [0.2, 0.25) is 0 Å². The minimum atomic E-state index is -0.387. The van der Waals surface area contributed by atoms with Crippen molar-refractivity contribution in [2.24, 2.45) is 0 Å². The topological polar surface area (TPSA) is 78.5 Å². The summed E-state index contributed by atoms with van der Waals surface area (Å²) in [5.41, 5.74) is 2.43. The zero-order chi connectivity index (χ0) is 18.0. The van der Waals surface area contributed by atoms with E-state index in [1.54, 1.807) is 30.3 Å². The highest BCUT2D eigenvalue weighted by Gasteiger charge is 2.34. The van der Waals surface area contributed by atoms with Crippen molar-refractivity contribution in [3.63, 3.8) is 0 Å². The standard InChI is InChI=1S/C18H16BrN3O3/c1-11-10-12(19)6-7-15(11)21-18(25)20-8-9-22-16(23)13-4-2-3-5-14(13)17(22)24/h2-7,10H,8-9H2,1H3,(H2,20,21,25). The van der Waals surface area contributed by atoms with Gasteiger partial charge in [-0.25, -0.2) is 4.79 Å². The molecule has 3 rings (SSSR count). The molecule has 1 aliphatic heterocycles. The van der Waals surface area contributed by atoms with Crippen LogP contribution in [0.25, 0.3) is 0 Å². The number of carbonyl (C=O) groups excluding carboxylic acids is 3. The Kier molecular flexibility index (Phi) is 4.85. The van der Waals surface area contributed by atoms with Crippen LogP contribution in [0.1, 0.15) is 26.3 Å². The van der Waals surface area contributed by atoms with Gasteiger partial charge in [-0.1, -0.05) is 28.1 Å². The molecule has 0 aliphatic carbocycles. The summed E-state index contributed by atoms with van der Waals surface area (Å²) in [6.07, 6.45) is 0. The van der Waals surface area contributed by atoms with E-state index in [2.05, 4.69) is 26.6 Å². The molecular formula is C18H16BrN3O3. The molecule has 0 saturated heterocycles. The second-order valence-electron chi connectivity index (χ2n) is 5.65. The number of fused-ring (bicyclic) bond motifs is 1. The maximum Gasteiger partial charge on any atom is 0.319 e. The van der Waals surface area contributed by atoms with Crippen LogP contribution >= 0.6 is 15.9 Å². The molecule has 2 N–H and O–H groups in total. The number of nitrogens with one attached hydrogen (secondary N) is 2. The second-order valence-corrected chi connectivity index (χ2v) is 6.56. The zero-order valence-electron chi connectivity index (χ0n) is 13.5. The summed E-state index contributed by atoms with van der Waals surface area (Å²) in [5, 5.41) is 5.40. The van der Waals surface area contributed by atoms with Gasteiger partial charge in [-0.3, -0.25) is 14.5 Å². The normalized spacial score (nSPS) is 13.0. The molecule has 0 bridgehead atoms. The lowest BCUT2D eigenvalue weighted by Crippen LogP contribution is -2.39. The molecule has 1 heterocycles. The molecule has 0 saturated carbocycles. The molecule has 128 valence electrons. The Morgan fingerprint density at radius 2 is 1.72 bits per heavy atom. The van der Waals surface area contributed by atoms with E-state index in [9.17, 15) is 14.4 Å². The number of urea groups is 1. The number of aryl methyl sites for hydroxylation is 1. The van der Waals surface area contributed by atoms with E-state index in [-0.39, 0.29) is 30.9 Å². The van der Waals surface area contributed by atoms with Crippen molar-refractivity contribution >= 4 is 39.5 Å². The minimum absolute atomic E-state index is 0.124. The zero-order valence-corrected chi connectivity index (χ0v) is 15.1. The van der Waals surface area contributed by atoms with Gasteiger partial charge in [-0.15, -0.1) is 0 Å². The number of anilines is 1. The van der Waals surface area contributed by atoms with Gasteiger partial charge in [-0.2, -0.15) is 0 Å². The molecule has 0 aromatic heterocycles. The maximum atomic E-state index is 12.2. The fourth-order valence-corrected chi connectivity index (χ4v) is 3.13. The Bertz CT molecular complexity index is 831. The fraction of sp³-hybridized carbons (Fsp3) is 0.167. The third-order valence-electron chi connectivity index (χ3n) is 3.94. The molecule has 4 amide bonds. The largest absolute Gasteiger partial charge is 0.336 e. The molecule has 0 atom stereocenters. The monoisotopic (exact) mass is 401 g/mol. The summed E-state index contributed by atoms with van der Waals surface area (Å²) >= 11 is 3.37. The Morgan fingerprint density at radius 3 is 2.32 bits per heavy atom. The van der Waals surface area contributed by atoms with Crippen LogP contribution in [-0.2, 0) is 0 Å². The maximum absolute atomic E-state index is 12.2. The van der Waals surface area contributed by atoms with Gasteiger partial charge in [0, 0.05) is 23.2 Å². The number of carbonyl (C=O) groups is 3. The molecular weight excluding hydrogens is 386 g/mol. The Morgan fingerprint density at radius 1 is 1.08 bits per heavy atom. The van der Waals surface area contributed by atoms with Crippen LogP contribution in [0.3, 0.4) is 0 Å². The first kappa shape index (κ1) is 17.2. The van der Waals surface area contributed by atoms with Gasteiger partial charge in [0.1, 0.15) is 0 Å². The third kappa shape index (κ3) is 3.56. The lowest BCUT2D eigenvalue weighted by molar-refractivity contribution is 0.0656. The summed E-state index contributed by atoms with van der Waals surface area (Å²) < 4.78 is 0.932. The summed E-state index contributed by atoms with van der Waals surface area (Å²) in [7, 11) is 0. The predicted molar refractivity (Wildman–Crippen MR) is 97.7 cm³/mol. The van der Waals surface area contributed by atoms with Crippen molar-refractivity contribution in [1.29, 1.82) is 0 Å². The molecule has 7 heteroatoms. The van der Waals surface area contributed by atoms with Crippen LogP contribution in [0.4, 0.5) is 10.5 Å². The van der Waals surface area contributed by atoms with E-state index in [0.29, 0.717) is 16.8 Å². The molecule has 2 aromatic rings. The molecule has 1 aliphatic rings. The lowest BCUT2D eigenvalue weighted by atomic mass is 10.1. The van der Waals surface area contributed by atoms with E-state index >= 15 is 0 Å². The van der Waals surface area contributed by atoms with E-state index < -0.39 is 0 Å². The smallest absolute Gasteiger partial charge is 0.319 e. The summed E-state index contributed by atoms with van der Waals surface area (Å²) in [5.74, 6) is -0.655. The fourth-order valence-electron chi connectivity index (χ4n) is 2.66.